The highest BCUT2D eigenvalue weighted by atomic mass is 35.5. The summed E-state index contributed by atoms with van der Waals surface area (Å²) < 4.78 is 47.2. The Morgan fingerprint density at radius 1 is 0.889 bits per heavy atom. The van der Waals surface area contributed by atoms with Crippen molar-refractivity contribution in [3.8, 4) is 28.0 Å². The quantitative estimate of drug-likeness (QED) is 0.290. The zero-order valence-corrected chi connectivity index (χ0v) is 20.3. The lowest BCUT2D eigenvalue weighted by molar-refractivity contribution is -0.274. The van der Waals surface area contributed by atoms with Gasteiger partial charge in [-0.25, -0.2) is 4.98 Å². The second kappa shape index (κ2) is 9.59. The van der Waals surface area contributed by atoms with Crippen LogP contribution >= 0.6 is 11.6 Å². The molecule has 0 N–H and O–H groups in total. The van der Waals surface area contributed by atoms with E-state index in [9.17, 15) is 13.2 Å². The van der Waals surface area contributed by atoms with Crippen molar-refractivity contribution in [1.29, 1.82) is 0 Å². The fourth-order valence-corrected chi connectivity index (χ4v) is 4.87. The van der Waals surface area contributed by atoms with Crippen LogP contribution in [0.5, 0.6) is 5.75 Å². The van der Waals surface area contributed by atoms with Crippen LogP contribution in [0.25, 0.3) is 33.2 Å². The SMILES string of the molecule is C[C@@H]1CN(c2ccc(-c3cnc4c(-c5ccc(OC(F)(F)F)cc5)cccc4c3Cl)cn2)C[C@H](C)O1. The minimum Gasteiger partial charge on any atom is -0.406 e. The third-order valence-corrected chi connectivity index (χ3v) is 6.44. The Morgan fingerprint density at radius 3 is 2.22 bits per heavy atom. The number of hydrogen-bond donors (Lipinski definition) is 0. The maximum Gasteiger partial charge on any atom is 0.573 e. The van der Waals surface area contributed by atoms with Crippen LogP contribution in [0.2, 0.25) is 5.02 Å². The zero-order valence-electron chi connectivity index (χ0n) is 19.6. The number of morpholine rings is 1. The van der Waals surface area contributed by atoms with Crippen LogP contribution in [-0.2, 0) is 4.74 Å². The summed E-state index contributed by atoms with van der Waals surface area (Å²) in [6.45, 7) is 5.66. The fraction of sp³-hybridized carbons (Fsp3) is 0.259. The lowest BCUT2D eigenvalue weighted by Crippen LogP contribution is -2.45. The van der Waals surface area contributed by atoms with E-state index in [1.807, 2.05) is 30.3 Å². The predicted octanol–water partition coefficient (Wildman–Crippen LogP) is 7.13. The molecule has 186 valence electrons. The van der Waals surface area contributed by atoms with Gasteiger partial charge in [-0.05, 0) is 43.7 Å². The molecule has 2 atom stereocenters. The van der Waals surface area contributed by atoms with Crippen molar-refractivity contribution >= 4 is 28.3 Å². The van der Waals surface area contributed by atoms with E-state index in [0.717, 1.165) is 41.0 Å². The Balaban J connectivity index is 1.44. The van der Waals surface area contributed by atoms with Gasteiger partial charge in [0.15, 0.2) is 0 Å². The van der Waals surface area contributed by atoms with Gasteiger partial charge in [-0.1, -0.05) is 41.9 Å². The van der Waals surface area contributed by atoms with Crippen molar-refractivity contribution in [3.05, 3.63) is 72.0 Å². The molecular formula is C27H23ClF3N3O2. The van der Waals surface area contributed by atoms with E-state index < -0.39 is 6.36 Å². The van der Waals surface area contributed by atoms with Crippen molar-refractivity contribution in [2.45, 2.75) is 32.4 Å². The monoisotopic (exact) mass is 513 g/mol. The molecular weight excluding hydrogens is 491 g/mol. The molecule has 0 aliphatic carbocycles. The molecule has 36 heavy (non-hydrogen) atoms. The van der Waals surface area contributed by atoms with Crippen LogP contribution in [-0.4, -0.2) is 41.6 Å². The van der Waals surface area contributed by atoms with Crippen LogP contribution < -0.4 is 9.64 Å². The van der Waals surface area contributed by atoms with Gasteiger partial charge in [0.25, 0.3) is 0 Å². The summed E-state index contributed by atoms with van der Waals surface area (Å²) in [7, 11) is 0. The number of fused-ring (bicyclic) bond motifs is 1. The first kappa shape index (κ1) is 24.3. The normalized spacial score (nSPS) is 18.4. The maximum atomic E-state index is 12.5. The molecule has 0 unspecified atom stereocenters. The topological polar surface area (TPSA) is 47.5 Å². The predicted molar refractivity (Wildman–Crippen MR) is 134 cm³/mol. The molecule has 0 amide bonds. The molecule has 0 bridgehead atoms. The lowest BCUT2D eigenvalue weighted by atomic mass is 10.00. The van der Waals surface area contributed by atoms with Gasteiger partial charge >= 0.3 is 6.36 Å². The van der Waals surface area contributed by atoms with Gasteiger partial charge in [-0.15, -0.1) is 13.2 Å². The van der Waals surface area contributed by atoms with E-state index in [4.69, 9.17) is 16.3 Å². The summed E-state index contributed by atoms with van der Waals surface area (Å²) in [4.78, 5) is 11.5. The largest absolute Gasteiger partial charge is 0.573 e. The third-order valence-electron chi connectivity index (χ3n) is 6.03. The number of nitrogens with zero attached hydrogens (tertiary/aromatic N) is 3. The number of para-hydroxylation sites is 1. The second-order valence-electron chi connectivity index (χ2n) is 8.83. The maximum absolute atomic E-state index is 12.5. The molecule has 1 aliphatic heterocycles. The van der Waals surface area contributed by atoms with Gasteiger partial charge in [0, 0.05) is 47.6 Å². The molecule has 1 aliphatic rings. The standard InChI is InChI=1S/C27H23ClF3N3O2/c1-16-14-34(15-17(2)35-16)24-11-8-19(12-32-24)23-13-33-26-21(4-3-5-22(26)25(23)28)18-6-9-20(10-7-18)36-27(29,30)31/h3-13,16-17H,14-15H2,1-2H3/t16-,17+. The molecule has 4 aromatic rings. The number of aromatic nitrogens is 2. The first-order valence-electron chi connectivity index (χ1n) is 11.5. The van der Waals surface area contributed by atoms with E-state index in [-0.39, 0.29) is 18.0 Å². The molecule has 1 saturated heterocycles. The molecule has 9 heteroatoms. The fourth-order valence-electron chi connectivity index (χ4n) is 4.56. The average molecular weight is 514 g/mol. The van der Waals surface area contributed by atoms with Gasteiger partial charge in [0.1, 0.15) is 11.6 Å². The van der Waals surface area contributed by atoms with E-state index in [2.05, 4.69) is 33.5 Å². The molecule has 1 fully saturated rings. The van der Waals surface area contributed by atoms with E-state index in [1.165, 1.54) is 12.1 Å². The summed E-state index contributed by atoms with van der Waals surface area (Å²) in [6.07, 6.45) is -0.976. The minimum atomic E-state index is -4.74. The molecule has 0 radical (unpaired) electrons. The Morgan fingerprint density at radius 2 is 1.58 bits per heavy atom. The molecule has 5 nitrogen and oxygen atoms in total. The van der Waals surface area contributed by atoms with Crippen LogP contribution in [0.4, 0.5) is 19.0 Å². The number of anilines is 1. The van der Waals surface area contributed by atoms with Gasteiger partial charge < -0.3 is 14.4 Å². The zero-order chi connectivity index (χ0) is 25.4. The molecule has 2 aromatic heterocycles. The number of ether oxygens (including phenoxy) is 2. The number of halogens is 4. The summed E-state index contributed by atoms with van der Waals surface area (Å²) in [5.41, 5.74) is 3.69. The van der Waals surface area contributed by atoms with Gasteiger partial charge in [0.2, 0.25) is 0 Å². The van der Waals surface area contributed by atoms with E-state index in [1.54, 1.807) is 24.5 Å². The molecule has 3 heterocycles. The summed E-state index contributed by atoms with van der Waals surface area (Å²) in [5.74, 6) is 0.600. The van der Waals surface area contributed by atoms with Crippen LogP contribution in [0.3, 0.4) is 0 Å². The Labute approximate surface area is 211 Å². The van der Waals surface area contributed by atoms with Gasteiger partial charge in [0.05, 0.1) is 22.7 Å². The number of hydrogen-bond acceptors (Lipinski definition) is 5. The van der Waals surface area contributed by atoms with Gasteiger partial charge in [-0.3, -0.25) is 4.98 Å². The molecule has 0 spiro atoms. The minimum absolute atomic E-state index is 0.136. The molecule has 0 saturated carbocycles. The van der Waals surface area contributed by atoms with Crippen molar-refractivity contribution < 1.29 is 22.6 Å². The van der Waals surface area contributed by atoms with Crippen molar-refractivity contribution in [1.82, 2.24) is 9.97 Å². The highest BCUT2D eigenvalue weighted by Crippen LogP contribution is 2.37. The van der Waals surface area contributed by atoms with Crippen molar-refractivity contribution in [2.75, 3.05) is 18.0 Å². The Hall–Kier alpha value is -3.36. The number of rotatable bonds is 4. The smallest absolute Gasteiger partial charge is 0.406 e. The first-order valence-corrected chi connectivity index (χ1v) is 11.9. The number of alkyl halides is 3. The third kappa shape index (κ3) is 5.10. The average Bonchev–Trinajstić information content (AvgIpc) is 2.83. The van der Waals surface area contributed by atoms with Crippen LogP contribution in [0, 0.1) is 0 Å². The van der Waals surface area contributed by atoms with Crippen molar-refractivity contribution in [3.63, 3.8) is 0 Å². The van der Waals surface area contributed by atoms with E-state index in [0.29, 0.717) is 16.1 Å². The van der Waals surface area contributed by atoms with Crippen molar-refractivity contribution in [2.24, 2.45) is 0 Å². The second-order valence-corrected chi connectivity index (χ2v) is 9.21. The summed E-state index contributed by atoms with van der Waals surface area (Å²) in [5, 5.41) is 1.27. The number of pyridine rings is 2. The summed E-state index contributed by atoms with van der Waals surface area (Å²) >= 11 is 6.82. The highest BCUT2D eigenvalue weighted by Gasteiger charge is 2.31. The lowest BCUT2D eigenvalue weighted by Gasteiger charge is -2.36. The molecule has 5 rings (SSSR count). The number of benzene rings is 2. The van der Waals surface area contributed by atoms with Crippen LogP contribution in [0.1, 0.15) is 13.8 Å². The summed E-state index contributed by atoms with van der Waals surface area (Å²) in [6, 6.07) is 15.2. The first-order chi connectivity index (χ1) is 17.2. The van der Waals surface area contributed by atoms with Crippen LogP contribution in [0.15, 0.2) is 67.0 Å². The Bertz CT molecular complexity index is 1370. The highest BCUT2D eigenvalue weighted by molar-refractivity contribution is 6.38. The van der Waals surface area contributed by atoms with E-state index >= 15 is 0 Å². The Kier molecular flexibility index (Phi) is 6.49. The van der Waals surface area contributed by atoms with Gasteiger partial charge in [-0.2, -0.15) is 0 Å². The molecule has 2 aromatic carbocycles.